The van der Waals surface area contributed by atoms with Gasteiger partial charge in [-0.3, -0.25) is 0 Å². The number of thiazole rings is 1. The maximum absolute atomic E-state index is 13.4. The van der Waals surface area contributed by atoms with Crippen LogP contribution in [0.1, 0.15) is 36.8 Å². The molecule has 14 heteroatoms. The molecular formula is C23H24FN5O7S. The van der Waals surface area contributed by atoms with Gasteiger partial charge in [-0.2, -0.15) is 0 Å². The number of piperidine rings is 1. The fraction of sp³-hybridized carbons (Fsp3) is 0.391. The van der Waals surface area contributed by atoms with Gasteiger partial charge in [0, 0.05) is 30.8 Å². The van der Waals surface area contributed by atoms with E-state index >= 15 is 0 Å². The number of aliphatic carboxylic acids is 2. The van der Waals surface area contributed by atoms with Gasteiger partial charge in [0.2, 0.25) is 5.89 Å². The van der Waals surface area contributed by atoms with Gasteiger partial charge in [0.15, 0.2) is 5.58 Å². The van der Waals surface area contributed by atoms with Crippen molar-refractivity contribution in [1.82, 2.24) is 25.2 Å². The number of rotatable bonds is 7. The van der Waals surface area contributed by atoms with Crippen LogP contribution in [0.5, 0.6) is 5.19 Å². The van der Waals surface area contributed by atoms with Crippen LogP contribution in [0.4, 0.5) is 4.39 Å². The normalized spacial score (nSPS) is 14.3. The van der Waals surface area contributed by atoms with Gasteiger partial charge < -0.3 is 28.8 Å². The summed E-state index contributed by atoms with van der Waals surface area (Å²) in [5.74, 6) is -2.60. The predicted molar refractivity (Wildman–Crippen MR) is 128 cm³/mol. The minimum absolute atomic E-state index is 0.300. The molecule has 1 fully saturated rings. The summed E-state index contributed by atoms with van der Waals surface area (Å²) in [5, 5.41) is 28.4. The molecule has 2 N–H and O–H groups in total. The van der Waals surface area contributed by atoms with Crippen LogP contribution in [0, 0.1) is 12.7 Å². The first-order valence-electron chi connectivity index (χ1n) is 11.4. The molecule has 0 radical (unpaired) electrons. The number of carbonyl (C=O) groups is 2. The molecule has 0 unspecified atom stereocenters. The molecule has 196 valence electrons. The molecule has 1 aliphatic heterocycles. The summed E-state index contributed by atoms with van der Waals surface area (Å²) in [6, 6.07) is 4.63. The molecule has 0 saturated carbocycles. The second kappa shape index (κ2) is 11.9. The zero-order chi connectivity index (χ0) is 26.4. The lowest BCUT2D eigenvalue weighted by Crippen LogP contribution is -2.34. The van der Waals surface area contributed by atoms with Crippen LogP contribution in [0.15, 0.2) is 33.3 Å². The maximum Gasteiger partial charge on any atom is 0.414 e. The number of aryl methyl sites for hydroxylation is 1. The zero-order valence-corrected chi connectivity index (χ0v) is 20.6. The number of hydrogen-bond acceptors (Lipinski definition) is 11. The van der Waals surface area contributed by atoms with E-state index in [0.717, 1.165) is 54.9 Å². The van der Waals surface area contributed by atoms with E-state index in [2.05, 4.69) is 25.2 Å². The number of hydrogen-bond donors (Lipinski definition) is 2. The summed E-state index contributed by atoms with van der Waals surface area (Å²) in [6.45, 7) is 5.33. The van der Waals surface area contributed by atoms with Crippen molar-refractivity contribution >= 4 is 34.2 Å². The highest BCUT2D eigenvalue weighted by Crippen LogP contribution is 2.33. The molecule has 0 aliphatic carbocycles. The van der Waals surface area contributed by atoms with Gasteiger partial charge in [-0.1, -0.05) is 16.5 Å². The van der Waals surface area contributed by atoms with Crippen molar-refractivity contribution in [1.29, 1.82) is 0 Å². The minimum atomic E-state index is -1.82. The number of nitrogens with zero attached hydrogens (tertiary/aromatic N) is 5. The SMILES string of the molecule is Cc1nnc(-c2cnc(OCCCN3CCC(c4noc5cc(F)ccc45)CC3)s2)o1.O=C(O)C(=O)O. The summed E-state index contributed by atoms with van der Waals surface area (Å²) in [4.78, 5) is 25.7. The highest BCUT2D eigenvalue weighted by atomic mass is 32.1. The first-order chi connectivity index (χ1) is 17.8. The molecule has 0 amide bonds. The fourth-order valence-corrected chi connectivity index (χ4v) is 4.63. The summed E-state index contributed by atoms with van der Waals surface area (Å²) >= 11 is 1.40. The van der Waals surface area contributed by atoms with Crippen molar-refractivity contribution in [3.05, 3.63) is 41.8 Å². The third-order valence-electron chi connectivity index (χ3n) is 5.68. The largest absolute Gasteiger partial charge is 0.473 e. The number of carboxylic acid groups (broad SMARTS) is 2. The van der Waals surface area contributed by atoms with Crippen molar-refractivity contribution < 1.29 is 37.9 Å². The monoisotopic (exact) mass is 533 g/mol. The van der Waals surface area contributed by atoms with E-state index in [4.69, 9.17) is 33.5 Å². The smallest absolute Gasteiger partial charge is 0.414 e. The van der Waals surface area contributed by atoms with Crippen molar-refractivity contribution in [3.8, 4) is 16.0 Å². The number of aromatic nitrogens is 4. The molecule has 4 heterocycles. The molecule has 1 aliphatic rings. The Balaban J connectivity index is 0.000000480. The highest BCUT2D eigenvalue weighted by molar-refractivity contribution is 7.16. The lowest BCUT2D eigenvalue weighted by atomic mass is 9.91. The second-order valence-corrected chi connectivity index (χ2v) is 9.25. The van der Waals surface area contributed by atoms with Gasteiger partial charge in [0.1, 0.15) is 10.7 Å². The van der Waals surface area contributed by atoms with E-state index in [0.29, 0.717) is 35.1 Å². The quantitative estimate of drug-likeness (QED) is 0.262. The highest BCUT2D eigenvalue weighted by Gasteiger charge is 2.25. The number of benzene rings is 1. The van der Waals surface area contributed by atoms with E-state index < -0.39 is 11.9 Å². The lowest BCUT2D eigenvalue weighted by molar-refractivity contribution is -0.159. The van der Waals surface area contributed by atoms with Crippen molar-refractivity contribution in [3.63, 3.8) is 0 Å². The van der Waals surface area contributed by atoms with Crippen LogP contribution in [0.25, 0.3) is 21.7 Å². The van der Waals surface area contributed by atoms with Crippen LogP contribution in [-0.2, 0) is 9.59 Å². The van der Waals surface area contributed by atoms with Crippen LogP contribution < -0.4 is 4.74 Å². The molecule has 4 aromatic rings. The van der Waals surface area contributed by atoms with Gasteiger partial charge in [-0.05, 0) is 44.5 Å². The third-order valence-corrected chi connectivity index (χ3v) is 6.58. The topological polar surface area (TPSA) is 165 Å². The Kier molecular flexibility index (Phi) is 8.40. The van der Waals surface area contributed by atoms with Crippen LogP contribution in [0.3, 0.4) is 0 Å². The van der Waals surface area contributed by atoms with Crippen LogP contribution >= 0.6 is 11.3 Å². The maximum atomic E-state index is 13.4. The van der Waals surface area contributed by atoms with E-state index in [1.165, 1.54) is 23.5 Å². The Bertz CT molecular complexity index is 1350. The average molecular weight is 534 g/mol. The second-order valence-electron chi connectivity index (χ2n) is 8.25. The Hall–Kier alpha value is -3.91. The fourth-order valence-electron chi connectivity index (χ4n) is 3.92. The van der Waals surface area contributed by atoms with E-state index in [1.54, 1.807) is 19.2 Å². The summed E-state index contributed by atoms with van der Waals surface area (Å²) < 4.78 is 29.9. The van der Waals surface area contributed by atoms with Gasteiger partial charge in [0.25, 0.3) is 11.1 Å². The van der Waals surface area contributed by atoms with E-state index in [-0.39, 0.29) is 5.82 Å². The summed E-state index contributed by atoms with van der Waals surface area (Å²) in [6.07, 6.45) is 4.64. The van der Waals surface area contributed by atoms with Crippen LogP contribution in [-0.4, -0.2) is 73.6 Å². The van der Waals surface area contributed by atoms with E-state index in [1.807, 2.05) is 0 Å². The molecule has 3 aromatic heterocycles. The Morgan fingerprint density at radius 2 is 1.97 bits per heavy atom. The molecule has 0 atom stereocenters. The molecule has 0 bridgehead atoms. The van der Waals surface area contributed by atoms with Crippen molar-refractivity contribution in [2.75, 3.05) is 26.2 Å². The van der Waals surface area contributed by atoms with Gasteiger partial charge in [0.05, 0.1) is 18.5 Å². The molecule has 37 heavy (non-hydrogen) atoms. The zero-order valence-electron chi connectivity index (χ0n) is 19.8. The number of carboxylic acids is 2. The number of fused-ring (bicyclic) bond motifs is 1. The lowest BCUT2D eigenvalue weighted by Gasteiger charge is -2.31. The Labute approximate surface area is 213 Å². The third kappa shape index (κ3) is 6.86. The molecule has 5 rings (SSSR count). The van der Waals surface area contributed by atoms with E-state index in [9.17, 15) is 4.39 Å². The molecule has 12 nitrogen and oxygen atoms in total. The number of likely N-dealkylation sites (tertiary alicyclic amines) is 1. The predicted octanol–water partition coefficient (Wildman–Crippen LogP) is 3.59. The Morgan fingerprint density at radius 3 is 2.65 bits per heavy atom. The molecule has 0 spiro atoms. The molecule has 1 saturated heterocycles. The summed E-state index contributed by atoms with van der Waals surface area (Å²) in [5.41, 5.74) is 1.48. The summed E-state index contributed by atoms with van der Waals surface area (Å²) in [7, 11) is 0. The number of halogens is 1. The number of ether oxygens (including phenoxy) is 1. The van der Waals surface area contributed by atoms with Gasteiger partial charge in [-0.15, -0.1) is 10.2 Å². The first kappa shape index (κ1) is 26.2. The van der Waals surface area contributed by atoms with Crippen LogP contribution in [0.2, 0.25) is 0 Å². The molecular weight excluding hydrogens is 509 g/mol. The van der Waals surface area contributed by atoms with Gasteiger partial charge >= 0.3 is 11.9 Å². The van der Waals surface area contributed by atoms with Crippen molar-refractivity contribution in [2.45, 2.75) is 32.1 Å². The van der Waals surface area contributed by atoms with Gasteiger partial charge in [-0.25, -0.2) is 19.0 Å². The standard InChI is InChI=1S/C21H22FN5O3S.C2H2O4/c1-13-24-25-20(29-13)18-12-23-21(31-18)28-10-2-7-27-8-5-14(6-9-27)19-16-4-3-15(22)11-17(16)30-26-19;3-1(4)2(5)6/h3-4,11-12,14H,2,5-10H2,1H3;(H,3,4)(H,5,6). The van der Waals surface area contributed by atoms with Crippen molar-refractivity contribution in [2.24, 2.45) is 0 Å². The minimum Gasteiger partial charge on any atom is -0.473 e. The average Bonchev–Trinajstić information content (AvgIpc) is 3.62. The Morgan fingerprint density at radius 1 is 1.22 bits per heavy atom. The molecule has 1 aromatic carbocycles. The first-order valence-corrected chi connectivity index (χ1v) is 12.2.